The van der Waals surface area contributed by atoms with E-state index in [2.05, 4.69) is 15.9 Å². The molecule has 2 atom stereocenters. The number of halogens is 1. The van der Waals surface area contributed by atoms with E-state index in [-0.39, 0.29) is 24.3 Å². The number of allylic oxidation sites excluding steroid dienone is 2. The highest BCUT2D eigenvalue weighted by atomic mass is 79.9. The molecule has 0 spiro atoms. The van der Waals surface area contributed by atoms with Crippen molar-refractivity contribution in [1.29, 1.82) is 0 Å². The summed E-state index contributed by atoms with van der Waals surface area (Å²) in [6.07, 6.45) is 1.84. The minimum atomic E-state index is -3.99. The number of nitrogens with zero attached hydrogens (tertiary/aromatic N) is 1. The normalized spacial score (nSPS) is 17.9. The Morgan fingerprint density at radius 3 is 2.09 bits per heavy atom. The van der Waals surface area contributed by atoms with Crippen LogP contribution in [0.2, 0.25) is 0 Å². The molecule has 34 heavy (non-hydrogen) atoms. The zero-order chi connectivity index (χ0) is 24.9. The van der Waals surface area contributed by atoms with Gasteiger partial charge in [0.05, 0.1) is 44.6 Å². The van der Waals surface area contributed by atoms with Crippen LogP contribution < -0.4 is 4.74 Å². The molecule has 2 unspecified atom stereocenters. The summed E-state index contributed by atoms with van der Waals surface area (Å²) in [6, 6.07) is 13.4. The van der Waals surface area contributed by atoms with Crippen molar-refractivity contribution in [2.24, 2.45) is 11.8 Å². The topological polar surface area (TPSA) is 99.2 Å². The molecule has 0 saturated heterocycles. The van der Waals surface area contributed by atoms with Crippen LogP contribution in [-0.2, 0) is 35.6 Å². The van der Waals surface area contributed by atoms with Crippen LogP contribution in [0.15, 0.2) is 69.7 Å². The van der Waals surface area contributed by atoms with Gasteiger partial charge in [-0.05, 0) is 48.4 Å². The van der Waals surface area contributed by atoms with E-state index in [0.29, 0.717) is 11.4 Å². The molecule has 2 aromatic rings. The largest absolute Gasteiger partial charge is 0.497 e. The first kappa shape index (κ1) is 25.8. The molecular formula is C24H26BrNO7S. The lowest BCUT2D eigenvalue weighted by Crippen LogP contribution is -2.38. The van der Waals surface area contributed by atoms with E-state index in [9.17, 15) is 18.0 Å². The van der Waals surface area contributed by atoms with Crippen molar-refractivity contribution >= 4 is 37.9 Å². The molecule has 0 heterocycles. The van der Waals surface area contributed by atoms with Crippen LogP contribution in [0, 0.1) is 11.8 Å². The second kappa shape index (κ2) is 11.1. The van der Waals surface area contributed by atoms with E-state index in [1.54, 1.807) is 49.6 Å². The van der Waals surface area contributed by atoms with Gasteiger partial charge in [-0.15, -0.1) is 0 Å². The predicted molar refractivity (Wildman–Crippen MR) is 128 cm³/mol. The number of carbonyl (C=O) groups excluding carboxylic acids is 2. The molecule has 0 amide bonds. The van der Waals surface area contributed by atoms with Gasteiger partial charge in [0.2, 0.25) is 0 Å². The Hall–Kier alpha value is -2.85. The molecule has 8 nitrogen and oxygen atoms in total. The summed E-state index contributed by atoms with van der Waals surface area (Å²) in [4.78, 5) is 24.9. The summed E-state index contributed by atoms with van der Waals surface area (Å²) < 4.78 is 44.4. The van der Waals surface area contributed by atoms with Gasteiger partial charge in [-0.2, -0.15) is 0 Å². The Labute approximate surface area is 207 Å². The van der Waals surface area contributed by atoms with Crippen molar-refractivity contribution in [3.8, 4) is 5.75 Å². The van der Waals surface area contributed by atoms with Gasteiger partial charge in [-0.1, -0.05) is 34.1 Å². The Morgan fingerprint density at radius 1 is 0.941 bits per heavy atom. The van der Waals surface area contributed by atoms with Gasteiger partial charge in [0.1, 0.15) is 5.75 Å². The van der Waals surface area contributed by atoms with Crippen molar-refractivity contribution < 1.29 is 32.2 Å². The lowest BCUT2D eigenvalue weighted by Gasteiger charge is -2.34. The van der Waals surface area contributed by atoms with Gasteiger partial charge < -0.3 is 14.2 Å². The van der Waals surface area contributed by atoms with E-state index in [1.165, 1.54) is 30.7 Å². The number of benzene rings is 2. The molecule has 10 heteroatoms. The first-order chi connectivity index (χ1) is 16.2. The molecule has 0 bridgehead atoms. The van der Waals surface area contributed by atoms with Crippen LogP contribution in [0.5, 0.6) is 5.75 Å². The maximum Gasteiger partial charge on any atom is 0.309 e. The number of hydrogen-bond donors (Lipinski definition) is 0. The molecule has 0 saturated carbocycles. The Balaban J connectivity index is 2.04. The van der Waals surface area contributed by atoms with E-state index in [1.807, 2.05) is 0 Å². The molecule has 0 radical (unpaired) electrons. The van der Waals surface area contributed by atoms with Crippen LogP contribution >= 0.6 is 15.9 Å². The second-order valence-electron chi connectivity index (χ2n) is 7.71. The lowest BCUT2D eigenvalue weighted by atomic mass is 9.81. The first-order valence-corrected chi connectivity index (χ1v) is 12.7. The molecule has 0 aromatic heterocycles. The highest BCUT2D eigenvalue weighted by Crippen LogP contribution is 2.36. The van der Waals surface area contributed by atoms with Gasteiger partial charge >= 0.3 is 11.9 Å². The summed E-state index contributed by atoms with van der Waals surface area (Å²) in [5.74, 6) is -2.10. The van der Waals surface area contributed by atoms with Crippen LogP contribution in [0.4, 0.5) is 0 Å². The summed E-state index contributed by atoms with van der Waals surface area (Å²) in [7, 11) is 0.0589. The zero-order valence-corrected chi connectivity index (χ0v) is 21.5. The molecule has 1 aliphatic carbocycles. The Morgan fingerprint density at radius 2 is 1.53 bits per heavy atom. The van der Waals surface area contributed by atoms with Gasteiger partial charge in [-0.3, -0.25) is 13.9 Å². The molecule has 0 N–H and O–H groups in total. The SMILES string of the molecule is COC(=O)C1CC=C(N(Cc2ccc(OC)cc2)S(=O)(=O)c2ccc(Br)cc2)CC1C(=O)OC. The standard InChI is InChI=1S/C24H26BrNO7S/c1-31-19-9-4-16(5-10-19)15-26(34(29,30)20-11-6-17(25)7-12-20)18-8-13-21(23(27)32-2)22(14-18)24(28)33-3/h4-12,21-22H,13-15H2,1-3H3. The molecule has 3 rings (SSSR count). The third kappa shape index (κ3) is 5.61. The van der Waals surface area contributed by atoms with Crippen LogP contribution in [-0.4, -0.2) is 46.0 Å². The van der Waals surface area contributed by atoms with Crippen molar-refractivity contribution in [3.05, 3.63) is 70.3 Å². The summed E-state index contributed by atoms with van der Waals surface area (Å²) in [6.45, 7) is 0.0327. The average Bonchev–Trinajstić information content (AvgIpc) is 2.86. The van der Waals surface area contributed by atoms with Gasteiger partial charge in [0, 0.05) is 16.6 Å². The number of methoxy groups -OCH3 is 3. The predicted octanol–water partition coefficient (Wildman–Crippen LogP) is 3.90. The van der Waals surface area contributed by atoms with Gasteiger partial charge in [-0.25, -0.2) is 8.42 Å². The van der Waals surface area contributed by atoms with Crippen molar-refractivity contribution in [1.82, 2.24) is 4.31 Å². The lowest BCUT2D eigenvalue weighted by molar-refractivity contribution is -0.158. The Bertz CT molecular complexity index is 1160. The Kier molecular flexibility index (Phi) is 8.37. The van der Waals surface area contributed by atoms with E-state index < -0.39 is 33.8 Å². The monoisotopic (exact) mass is 551 g/mol. The molecule has 182 valence electrons. The van der Waals surface area contributed by atoms with Crippen LogP contribution in [0.25, 0.3) is 0 Å². The summed E-state index contributed by atoms with van der Waals surface area (Å²) in [5, 5.41) is 0. The minimum absolute atomic E-state index is 0.0123. The zero-order valence-electron chi connectivity index (χ0n) is 19.1. The smallest absolute Gasteiger partial charge is 0.309 e. The summed E-state index contributed by atoms with van der Waals surface area (Å²) >= 11 is 3.32. The quantitative estimate of drug-likeness (QED) is 0.458. The number of carbonyl (C=O) groups is 2. The fourth-order valence-corrected chi connectivity index (χ4v) is 5.64. The number of hydrogen-bond acceptors (Lipinski definition) is 7. The second-order valence-corrected chi connectivity index (χ2v) is 10.5. The van der Waals surface area contributed by atoms with Crippen LogP contribution in [0.3, 0.4) is 0 Å². The van der Waals surface area contributed by atoms with Crippen molar-refractivity contribution in [2.75, 3.05) is 21.3 Å². The molecule has 0 fully saturated rings. The molecular weight excluding hydrogens is 526 g/mol. The highest BCUT2D eigenvalue weighted by molar-refractivity contribution is 9.10. The summed E-state index contributed by atoms with van der Waals surface area (Å²) in [5.41, 5.74) is 1.14. The fourth-order valence-electron chi connectivity index (χ4n) is 3.86. The average molecular weight is 552 g/mol. The number of esters is 2. The number of rotatable bonds is 8. The van der Waals surface area contributed by atoms with E-state index in [0.717, 1.165) is 10.0 Å². The molecule has 2 aromatic carbocycles. The van der Waals surface area contributed by atoms with Crippen molar-refractivity contribution in [2.45, 2.75) is 24.3 Å². The highest BCUT2D eigenvalue weighted by Gasteiger charge is 2.41. The van der Waals surface area contributed by atoms with E-state index in [4.69, 9.17) is 14.2 Å². The van der Waals surface area contributed by atoms with E-state index >= 15 is 0 Å². The molecule has 1 aliphatic rings. The van der Waals surface area contributed by atoms with Gasteiger partial charge in [0.15, 0.2) is 0 Å². The number of ether oxygens (including phenoxy) is 3. The minimum Gasteiger partial charge on any atom is -0.497 e. The van der Waals surface area contributed by atoms with Gasteiger partial charge in [0.25, 0.3) is 10.0 Å². The maximum atomic E-state index is 13.7. The van der Waals surface area contributed by atoms with Crippen molar-refractivity contribution in [3.63, 3.8) is 0 Å². The maximum absolute atomic E-state index is 13.7. The third-order valence-corrected chi connectivity index (χ3v) is 8.08. The number of sulfonamides is 1. The molecule has 0 aliphatic heterocycles. The first-order valence-electron chi connectivity index (χ1n) is 10.5. The van der Waals surface area contributed by atoms with Crippen LogP contribution in [0.1, 0.15) is 18.4 Å². The fraction of sp³-hybridized carbons (Fsp3) is 0.333. The third-order valence-electron chi connectivity index (χ3n) is 5.74.